The largest absolute Gasteiger partial charge is 0.411 e. The fraction of sp³-hybridized carbons (Fsp3) is 0.300. The lowest BCUT2D eigenvalue weighted by Gasteiger charge is -2.30. The molecule has 0 bridgehead atoms. The van der Waals surface area contributed by atoms with Crippen molar-refractivity contribution in [2.75, 3.05) is 25.4 Å². The minimum Gasteiger partial charge on any atom is -0.411 e. The van der Waals surface area contributed by atoms with E-state index in [1.54, 1.807) is 11.8 Å². The van der Waals surface area contributed by atoms with Gasteiger partial charge in [-0.2, -0.15) is 0 Å². The van der Waals surface area contributed by atoms with Crippen molar-refractivity contribution >= 4 is 23.4 Å². The summed E-state index contributed by atoms with van der Waals surface area (Å²) in [7, 11) is 0. The highest BCUT2D eigenvalue weighted by molar-refractivity contribution is 7.99. The summed E-state index contributed by atoms with van der Waals surface area (Å²) in [4.78, 5) is 1.48. The molecule has 2 aromatic carbocycles. The molecule has 27 heavy (non-hydrogen) atoms. The van der Waals surface area contributed by atoms with Crippen LogP contribution in [0.15, 0.2) is 64.2 Å². The average molecular weight is 403 g/mol. The molecule has 140 valence electrons. The van der Waals surface area contributed by atoms with Gasteiger partial charge in [0.1, 0.15) is 25.7 Å². The van der Waals surface area contributed by atoms with Crippen molar-refractivity contribution in [2.45, 2.75) is 17.9 Å². The van der Waals surface area contributed by atoms with Gasteiger partial charge in [0, 0.05) is 21.9 Å². The fourth-order valence-electron chi connectivity index (χ4n) is 3.16. The molecule has 0 spiro atoms. The van der Waals surface area contributed by atoms with Crippen LogP contribution in [-0.2, 0) is 11.3 Å². The number of thioether (sulfide) groups is 1. The molecule has 1 unspecified atom stereocenters. The van der Waals surface area contributed by atoms with Crippen LogP contribution in [0.25, 0.3) is 11.5 Å². The Morgan fingerprint density at radius 2 is 1.89 bits per heavy atom. The molecular weight excluding hydrogens is 382 g/mol. The third kappa shape index (κ3) is 4.90. The van der Waals surface area contributed by atoms with Crippen molar-refractivity contribution in [3.05, 3.63) is 65.2 Å². The molecule has 1 aromatic heterocycles. The summed E-state index contributed by atoms with van der Waals surface area (Å²) in [5.74, 6) is 1.34. The maximum absolute atomic E-state index is 6.30. The zero-order valence-electron chi connectivity index (χ0n) is 14.8. The van der Waals surface area contributed by atoms with Crippen molar-refractivity contribution in [1.82, 2.24) is 10.2 Å². The lowest BCUT2D eigenvalue weighted by molar-refractivity contribution is -0.924. The van der Waals surface area contributed by atoms with E-state index in [-0.39, 0.29) is 6.10 Å². The van der Waals surface area contributed by atoms with Crippen LogP contribution in [0.3, 0.4) is 0 Å². The van der Waals surface area contributed by atoms with E-state index in [0.717, 1.165) is 42.6 Å². The highest BCUT2D eigenvalue weighted by Gasteiger charge is 2.25. The molecule has 0 radical (unpaired) electrons. The Morgan fingerprint density at radius 1 is 1.07 bits per heavy atom. The second kappa shape index (κ2) is 8.89. The van der Waals surface area contributed by atoms with E-state index in [2.05, 4.69) is 16.3 Å². The molecule has 1 aliphatic heterocycles. The zero-order chi connectivity index (χ0) is 18.5. The summed E-state index contributed by atoms with van der Waals surface area (Å²) in [6, 6.07) is 17.8. The second-order valence-electron chi connectivity index (χ2n) is 6.52. The van der Waals surface area contributed by atoms with Gasteiger partial charge in [0.2, 0.25) is 5.89 Å². The minimum absolute atomic E-state index is 0.160. The first-order chi connectivity index (χ1) is 13.3. The van der Waals surface area contributed by atoms with Crippen molar-refractivity contribution in [1.29, 1.82) is 0 Å². The number of nitrogens with one attached hydrogen (secondary N) is 1. The van der Waals surface area contributed by atoms with Gasteiger partial charge < -0.3 is 14.1 Å². The van der Waals surface area contributed by atoms with E-state index in [1.807, 2.05) is 48.5 Å². The topological polar surface area (TPSA) is 52.6 Å². The number of aromatic nitrogens is 2. The number of nitrogens with zero attached hydrogens (tertiary/aromatic N) is 2. The molecule has 0 saturated carbocycles. The zero-order valence-corrected chi connectivity index (χ0v) is 16.4. The Balaban J connectivity index is 1.31. The number of benzene rings is 2. The molecule has 1 N–H and O–H groups in total. The van der Waals surface area contributed by atoms with E-state index in [0.29, 0.717) is 11.1 Å². The third-order valence-electron chi connectivity index (χ3n) is 4.54. The van der Waals surface area contributed by atoms with E-state index in [9.17, 15) is 0 Å². The van der Waals surface area contributed by atoms with Crippen LogP contribution in [0, 0.1) is 0 Å². The molecule has 0 amide bonds. The predicted octanol–water partition coefficient (Wildman–Crippen LogP) is 2.97. The Morgan fingerprint density at radius 3 is 2.74 bits per heavy atom. The number of hydrogen-bond donors (Lipinski definition) is 1. The summed E-state index contributed by atoms with van der Waals surface area (Å²) >= 11 is 7.85. The lowest BCUT2D eigenvalue weighted by Crippen LogP contribution is -3.13. The number of morpholine rings is 1. The van der Waals surface area contributed by atoms with Gasteiger partial charge in [0.15, 0.2) is 0 Å². The summed E-state index contributed by atoms with van der Waals surface area (Å²) in [6.07, 6.45) is 0.160. The molecule has 1 saturated heterocycles. The van der Waals surface area contributed by atoms with Crippen molar-refractivity contribution in [2.24, 2.45) is 0 Å². The molecule has 1 fully saturated rings. The van der Waals surface area contributed by atoms with E-state index < -0.39 is 0 Å². The van der Waals surface area contributed by atoms with Gasteiger partial charge >= 0.3 is 0 Å². The van der Waals surface area contributed by atoms with Gasteiger partial charge in [-0.25, -0.2) is 0 Å². The van der Waals surface area contributed by atoms with Crippen LogP contribution >= 0.6 is 23.4 Å². The first-order valence-electron chi connectivity index (χ1n) is 8.98. The summed E-state index contributed by atoms with van der Waals surface area (Å²) in [5, 5.41) is 9.69. The minimum atomic E-state index is 0.160. The van der Waals surface area contributed by atoms with E-state index in [1.165, 1.54) is 10.5 Å². The van der Waals surface area contributed by atoms with Crippen LogP contribution in [0.2, 0.25) is 5.02 Å². The number of rotatable bonds is 6. The lowest BCUT2D eigenvalue weighted by atomic mass is 10.2. The Labute approximate surface area is 167 Å². The highest BCUT2D eigenvalue weighted by atomic mass is 35.5. The molecule has 0 aliphatic carbocycles. The summed E-state index contributed by atoms with van der Waals surface area (Å²) in [6.45, 7) is 3.61. The monoisotopic (exact) mass is 402 g/mol. The van der Waals surface area contributed by atoms with Crippen LogP contribution < -0.4 is 4.90 Å². The van der Waals surface area contributed by atoms with Crippen molar-refractivity contribution < 1.29 is 14.1 Å². The first kappa shape index (κ1) is 18.5. The molecule has 3 aromatic rings. The van der Waals surface area contributed by atoms with Crippen LogP contribution in [0.5, 0.6) is 0 Å². The summed E-state index contributed by atoms with van der Waals surface area (Å²) in [5.41, 5.74) is 2.12. The number of quaternary nitrogens is 1. The number of ether oxygens (including phenoxy) is 1. The van der Waals surface area contributed by atoms with Crippen LogP contribution in [-0.4, -0.2) is 41.8 Å². The maximum atomic E-state index is 6.30. The molecule has 2 atom stereocenters. The molecule has 4 rings (SSSR count). The normalized spacial score (nSPS) is 19.9. The smallest absolute Gasteiger partial charge is 0.276 e. The molecule has 1 aliphatic rings. The van der Waals surface area contributed by atoms with Gasteiger partial charge in [0.05, 0.1) is 6.61 Å². The van der Waals surface area contributed by atoms with Crippen molar-refractivity contribution in [3.8, 4) is 11.5 Å². The quantitative estimate of drug-likeness (QED) is 0.642. The number of halogens is 1. The average Bonchev–Trinajstić information content (AvgIpc) is 3.18. The third-order valence-corrected chi connectivity index (χ3v) is 5.86. The van der Waals surface area contributed by atoms with Gasteiger partial charge in [0.25, 0.3) is 5.22 Å². The Hall–Kier alpha value is -1.86. The van der Waals surface area contributed by atoms with Gasteiger partial charge in [-0.1, -0.05) is 59.8 Å². The van der Waals surface area contributed by atoms with Gasteiger partial charge in [-0.05, 0) is 18.2 Å². The van der Waals surface area contributed by atoms with Gasteiger partial charge in [-0.15, -0.1) is 10.2 Å². The first-order valence-corrected chi connectivity index (χ1v) is 10.3. The fourth-order valence-corrected chi connectivity index (χ4v) is 4.14. The Bertz CT molecular complexity index is 874. The number of hydrogen-bond acceptors (Lipinski definition) is 5. The molecule has 5 nitrogen and oxygen atoms in total. The maximum Gasteiger partial charge on any atom is 0.276 e. The van der Waals surface area contributed by atoms with Crippen LogP contribution in [0.4, 0.5) is 0 Å². The molecule has 7 heteroatoms. The molecular formula is C20H21ClN3O2S+. The second-order valence-corrected chi connectivity index (χ2v) is 7.89. The predicted molar refractivity (Wildman–Crippen MR) is 106 cm³/mol. The Kier molecular flexibility index (Phi) is 6.09. The highest BCUT2D eigenvalue weighted by Crippen LogP contribution is 2.23. The van der Waals surface area contributed by atoms with E-state index in [4.69, 9.17) is 20.8 Å². The SMILES string of the molecule is Clc1ccccc1C[NH+]1CCO[C@H](CSc2nnc(-c3ccccc3)o2)C1. The van der Waals surface area contributed by atoms with E-state index >= 15 is 0 Å². The van der Waals surface area contributed by atoms with Gasteiger partial charge in [-0.3, -0.25) is 0 Å². The molecule has 2 heterocycles. The van der Waals surface area contributed by atoms with Crippen molar-refractivity contribution in [3.63, 3.8) is 0 Å². The van der Waals surface area contributed by atoms with Crippen LogP contribution in [0.1, 0.15) is 5.56 Å². The summed E-state index contributed by atoms with van der Waals surface area (Å²) < 4.78 is 11.7. The standard InChI is InChI=1S/C20H20ClN3O2S/c21-18-9-5-4-8-16(18)12-24-10-11-25-17(13-24)14-27-20-23-22-19(26-20)15-6-2-1-3-7-15/h1-9,17H,10-14H2/p+1/t17-/m0/s1.